The van der Waals surface area contributed by atoms with Gasteiger partial charge < -0.3 is 15.1 Å². The summed E-state index contributed by atoms with van der Waals surface area (Å²) in [6, 6.07) is 5.75. The molecule has 6 heteroatoms. The number of hydrogen-bond donors (Lipinski definition) is 1. The average molecular weight is 339 g/mol. The Bertz CT molecular complexity index is 671. The first-order valence-corrected chi connectivity index (χ1v) is 9.08. The summed E-state index contributed by atoms with van der Waals surface area (Å²) in [4.78, 5) is 20.6. The normalized spacial score (nSPS) is 17.6. The van der Waals surface area contributed by atoms with Crippen LogP contribution < -0.4 is 10.2 Å². The summed E-state index contributed by atoms with van der Waals surface area (Å²) in [5.41, 5.74) is 2.07. The van der Waals surface area contributed by atoms with E-state index in [-0.39, 0.29) is 6.03 Å². The van der Waals surface area contributed by atoms with Crippen molar-refractivity contribution in [3.63, 3.8) is 0 Å². The van der Waals surface area contributed by atoms with Gasteiger partial charge in [0.2, 0.25) is 0 Å². The highest BCUT2D eigenvalue weighted by atomic mass is 16.2. The number of allylic oxidation sites excluding steroid dienone is 1. The van der Waals surface area contributed by atoms with Crippen LogP contribution in [0.15, 0.2) is 30.0 Å². The molecular formula is C19H25N5O. The van der Waals surface area contributed by atoms with Crippen molar-refractivity contribution in [1.29, 1.82) is 5.26 Å². The lowest BCUT2D eigenvalue weighted by atomic mass is 9.97. The van der Waals surface area contributed by atoms with E-state index in [0.29, 0.717) is 44.1 Å². The zero-order valence-electron chi connectivity index (χ0n) is 14.6. The zero-order chi connectivity index (χ0) is 17.5. The summed E-state index contributed by atoms with van der Waals surface area (Å²) in [7, 11) is 0. The molecule has 0 radical (unpaired) electrons. The number of nitrogens with one attached hydrogen (secondary N) is 1. The fourth-order valence-electron chi connectivity index (χ4n) is 3.43. The lowest BCUT2D eigenvalue weighted by Crippen LogP contribution is -2.52. The van der Waals surface area contributed by atoms with E-state index in [9.17, 15) is 10.1 Å². The maximum absolute atomic E-state index is 12.3. The van der Waals surface area contributed by atoms with E-state index in [1.165, 1.54) is 31.3 Å². The third kappa shape index (κ3) is 4.50. The number of amides is 2. The SMILES string of the molecule is N#Cc1cccnc1N1CCN(C(=O)NCCC2=CCCCC2)CC1. The van der Waals surface area contributed by atoms with E-state index < -0.39 is 0 Å². The summed E-state index contributed by atoms with van der Waals surface area (Å²) in [6.45, 7) is 3.41. The van der Waals surface area contributed by atoms with Gasteiger partial charge in [-0.1, -0.05) is 11.6 Å². The average Bonchev–Trinajstić information content (AvgIpc) is 2.69. The van der Waals surface area contributed by atoms with Crippen molar-refractivity contribution in [2.45, 2.75) is 32.1 Å². The van der Waals surface area contributed by atoms with Gasteiger partial charge in [-0.05, 0) is 44.2 Å². The van der Waals surface area contributed by atoms with Crippen molar-refractivity contribution in [2.75, 3.05) is 37.6 Å². The molecule has 0 unspecified atom stereocenters. The number of hydrogen-bond acceptors (Lipinski definition) is 4. The van der Waals surface area contributed by atoms with Gasteiger partial charge in [0.15, 0.2) is 0 Å². The third-order valence-electron chi connectivity index (χ3n) is 4.88. The van der Waals surface area contributed by atoms with Gasteiger partial charge in [0.25, 0.3) is 0 Å². The first-order chi connectivity index (χ1) is 12.3. The van der Waals surface area contributed by atoms with Crippen LogP contribution in [0.25, 0.3) is 0 Å². The predicted octanol–water partition coefficient (Wildman–Crippen LogP) is 2.68. The number of nitrogens with zero attached hydrogens (tertiary/aromatic N) is 4. The number of anilines is 1. The van der Waals surface area contributed by atoms with E-state index in [2.05, 4.69) is 27.3 Å². The van der Waals surface area contributed by atoms with Crippen molar-refractivity contribution in [2.24, 2.45) is 0 Å². The van der Waals surface area contributed by atoms with Gasteiger partial charge in [0.1, 0.15) is 11.9 Å². The van der Waals surface area contributed by atoms with E-state index in [1.54, 1.807) is 18.3 Å². The molecule has 2 amide bonds. The number of aromatic nitrogens is 1. The minimum atomic E-state index is 0.0117. The molecule has 0 aromatic carbocycles. The number of piperazine rings is 1. The number of pyridine rings is 1. The Morgan fingerprint density at radius 3 is 2.84 bits per heavy atom. The summed E-state index contributed by atoms with van der Waals surface area (Å²) < 4.78 is 0. The molecule has 1 aromatic rings. The second-order valence-electron chi connectivity index (χ2n) is 6.55. The first kappa shape index (κ1) is 17.3. The number of carbonyl (C=O) groups is 1. The summed E-state index contributed by atoms with van der Waals surface area (Å²) in [5, 5.41) is 12.2. The van der Waals surface area contributed by atoms with Crippen molar-refractivity contribution >= 4 is 11.8 Å². The molecule has 132 valence electrons. The first-order valence-electron chi connectivity index (χ1n) is 9.08. The summed E-state index contributed by atoms with van der Waals surface area (Å²) in [6.07, 6.45) is 9.93. The van der Waals surface area contributed by atoms with Gasteiger partial charge in [-0.3, -0.25) is 0 Å². The Balaban J connectivity index is 1.44. The quantitative estimate of drug-likeness (QED) is 0.856. The lowest BCUT2D eigenvalue weighted by molar-refractivity contribution is 0.194. The van der Waals surface area contributed by atoms with E-state index in [4.69, 9.17) is 0 Å². The van der Waals surface area contributed by atoms with Crippen LogP contribution >= 0.6 is 0 Å². The standard InChI is InChI=1S/C19H25N5O/c20-15-17-7-4-9-21-18(17)23-11-13-24(14-12-23)19(25)22-10-8-16-5-2-1-3-6-16/h4-5,7,9H,1-3,6,8,10-14H2,(H,22,25). The van der Waals surface area contributed by atoms with E-state index >= 15 is 0 Å². The Labute approximate surface area is 149 Å². The Hall–Kier alpha value is -2.55. The van der Waals surface area contributed by atoms with E-state index in [1.807, 2.05) is 4.90 Å². The molecular weight excluding hydrogens is 314 g/mol. The van der Waals surface area contributed by atoms with Crippen LogP contribution in [-0.2, 0) is 0 Å². The van der Waals surface area contributed by atoms with Gasteiger partial charge in [-0.15, -0.1) is 0 Å². The Morgan fingerprint density at radius 1 is 1.28 bits per heavy atom. The molecule has 1 saturated heterocycles. The van der Waals surface area contributed by atoms with Crippen LogP contribution in [0.5, 0.6) is 0 Å². The second kappa shape index (κ2) is 8.52. The van der Waals surface area contributed by atoms with Crippen molar-refractivity contribution < 1.29 is 4.79 Å². The third-order valence-corrected chi connectivity index (χ3v) is 4.88. The van der Waals surface area contributed by atoms with Crippen LogP contribution in [0.2, 0.25) is 0 Å². The lowest BCUT2D eigenvalue weighted by Gasteiger charge is -2.35. The molecule has 2 heterocycles. The highest BCUT2D eigenvalue weighted by Gasteiger charge is 2.23. The Kier molecular flexibility index (Phi) is 5.89. The van der Waals surface area contributed by atoms with E-state index in [0.717, 1.165) is 6.42 Å². The molecule has 0 spiro atoms. The zero-order valence-corrected chi connectivity index (χ0v) is 14.6. The highest BCUT2D eigenvalue weighted by molar-refractivity contribution is 5.74. The van der Waals surface area contributed by atoms with Gasteiger partial charge >= 0.3 is 6.03 Å². The summed E-state index contributed by atoms with van der Waals surface area (Å²) >= 11 is 0. The minimum Gasteiger partial charge on any atom is -0.352 e. The minimum absolute atomic E-state index is 0.0117. The fourth-order valence-corrected chi connectivity index (χ4v) is 3.43. The smallest absolute Gasteiger partial charge is 0.317 e. The second-order valence-corrected chi connectivity index (χ2v) is 6.55. The van der Waals surface area contributed by atoms with Crippen LogP contribution in [0.1, 0.15) is 37.7 Å². The van der Waals surface area contributed by atoms with Crippen LogP contribution in [0, 0.1) is 11.3 Å². The maximum atomic E-state index is 12.3. The topological polar surface area (TPSA) is 72.3 Å². The molecule has 1 aliphatic carbocycles. The molecule has 0 saturated carbocycles. The van der Waals surface area contributed by atoms with Crippen molar-refractivity contribution in [3.8, 4) is 6.07 Å². The molecule has 1 aromatic heterocycles. The highest BCUT2D eigenvalue weighted by Crippen LogP contribution is 2.20. The molecule has 1 N–H and O–H groups in total. The maximum Gasteiger partial charge on any atom is 0.317 e. The molecule has 0 atom stereocenters. The van der Waals surface area contributed by atoms with Gasteiger partial charge in [0.05, 0.1) is 5.56 Å². The molecule has 1 aliphatic heterocycles. The number of rotatable bonds is 4. The van der Waals surface area contributed by atoms with Gasteiger partial charge in [0, 0.05) is 38.9 Å². The molecule has 1 fully saturated rings. The molecule has 0 bridgehead atoms. The number of carbonyl (C=O) groups excluding carboxylic acids is 1. The number of urea groups is 1. The summed E-state index contributed by atoms with van der Waals surface area (Å²) in [5.74, 6) is 0.717. The molecule has 25 heavy (non-hydrogen) atoms. The molecule has 2 aliphatic rings. The molecule has 3 rings (SSSR count). The monoisotopic (exact) mass is 339 g/mol. The molecule has 6 nitrogen and oxygen atoms in total. The Morgan fingerprint density at radius 2 is 2.12 bits per heavy atom. The van der Waals surface area contributed by atoms with Crippen LogP contribution in [0.4, 0.5) is 10.6 Å². The predicted molar refractivity (Wildman–Crippen MR) is 97.3 cm³/mol. The van der Waals surface area contributed by atoms with Gasteiger partial charge in [-0.25, -0.2) is 9.78 Å². The van der Waals surface area contributed by atoms with Crippen molar-refractivity contribution in [1.82, 2.24) is 15.2 Å². The largest absolute Gasteiger partial charge is 0.352 e. The van der Waals surface area contributed by atoms with Gasteiger partial charge in [-0.2, -0.15) is 5.26 Å². The van der Waals surface area contributed by atoms with Crippen molar-refractivity contribution in [3.05, 3.63) is 35.5 Å². The van der Waals surface area contributed by atoms with Crippen LogP contribution in [-0.4, -0.2) is 48.6 Å². The van der Waals surface area contributed by atoms with Crippen LogP contribution in [0.3, 0.4) is 0 Å². The number of nitriles is 1. The fraction of sp³-hybridized carbons (Fsp3) is 0.526.